The van der Waals surface area contributed by atoms with Gasteiger partial charge in [-0.2, -0.15) is 0 Å². The number of carbonyl (C=O) groups is 2. The van der Waals surface area contributed by atoms with Crippen molar-refractivity contribution in [3.8, 4) is 11.5 Å². The fourth-order valence-corrected chi connectivity index (χ4v) is 3.99. The van der Waals surface area contributed by atoms with Crippen LogP contribution in [0, 0.1) is 0 Å². The predicted octanol–water partition coefficient (Wildman–Crippen LogP) is 4.63. The zero-order valence-corrected chi connectivity index (χ0v) is 16.6. The third kappa shape index (κ3) is 2.99. The molecule has 0 saturated heterocycles. The number of ketones is 1. The first kappa shape index (κ1) is 19.4. The molecule has 0 bridgehead atoms. The third-order valence-corrected chi connectivity index (χ3v) is 5.43. The molecular formula is C25H17NO6. The van der Waals surface area contributed by atoms with Crippen molar-refractivity contribution in [1.29, 1.82) is 0 Å². The molecule has 1 amide bonds. The van der Waals surface area contributed by atoms with Crippen molar-refractivity contribution in [2.24, 2.45) is 0 Å². The molecule has 0 spiro atoms. The van der Waals surface area contributed by atoms with Crippen LogP contribution >= 0.6 is 0 Å². The summed E-state index contributed by atoms with van der Waals surface area (Å²) in [7, 11) is 0. The number of aliphatic hydroxyl groups is 1. The Morgan fingerprint density at radius 3 is 2.38 bits per heavy atom. The molecule has 7 heteroatoms. The maximum Gasteiger partial charge on any atom is 0.294 e. The molecule has 1 unspecified atom stereocenters. The van der Waals surface area contributed by atoms with E-state index < -0.39 is 23.5 Å². The van der Waals surface area contributed by atoms with Gasteiger partial charge >= 0.3 is 0 Å². The highest BCUT2D eigenvalue weighted by atomic mass is 16.3. The van der Waals surface area contributed by atoms with Crippen molar-refractivity contribution in [2.45, 2.75) is 6.04 Å². The number of rotatable bonds is 4. The highest BCUT2D eigenvalue weighted by Crippen LogP contribution is 2.45. The van der Waals surface area contributed by atoms with Crippen LogP contribution < -0.4 is 4.90 Å². The predicted molar refractivity (Wildman–Crippen MR) is 117 cm³/mol. The lowest BCUT2D eigenvalue weighted by Gasteiger charge is -2.27. The molecule has 0 saturated carbocycles. The number of anilines is 1. The molecular weight excluding hydrogens is 410 g/mol. The largest absolute Gasteiger partial charge is 0.508 e. The number of hydrogen-bond acceptors (Lipinski definition) is 6. The summed E-state index contributed by atoms with van der Waals surface area (Å²) in [6, 6.07) is 19.7. The minimum Gasteiger partial charge on any atom is -0.508 e. The SMILES string of the molecule is O=C(C1=C(O)C(=O)N(c2ccccc2O)C1c1cccc(O)c1)c1cc2ccccc2o1. The van der Waals surface area contributed by atoms with Crippen LogP contribution in [0.4, 0.5) is 5.69 Å². The lowest BCUT2D eigenvalue weighted by atomic mass is 9.94. The number of phenolic OH excluding ortho intramolecular Hbond substituents is 2. The number of aromatic hydroxyl groups is 2. The number of para-hydroxylation sites is 3. The Balaban J connectivity index is 1.69. The fourth-order valence-electron chi connectivity index (χ4n) is 3.99. The first-order chi connectivity index (χ1) is 15.5. The van der Waals surface area contributed by atoms with E-state index in [-0.39, 0.29) is 28.5 Å². The Morgan fingerprint density at radius 2 is 1.62 bits per heavy atom. The van der Waals surface area contributed by atoms with Gasteiger partial charge in [0.2, 0.25) is 5.78 Å². The molecule has 5 rings (SSSR count). The molecule has 7 nitrogen and oxygen atoms in total. The number of furan rings is 1. The van der Waals surface area contributed by atoms with E-state index in [1.54, 1.807) is 54.6 Å². The Morgan fingerprint density at radius 1 is 0.875 bits per heavy atom. The number of Topliss-reactive ketones (excluding diaryl/α,β-unsaturated/α-hetero) is 1. The van der Waals surface area contributed by atoms with Crippen molar-refractivity contribution in [2.75, 3.05) is 4.90 Å². The highest BCUT2D eigenvalue weighted by Gasteiger charge is 2.46. The van der Waals surface area contributed by atoms with Gasteiger partial charge in [0.05, 0.1) is 17.3 Å². The number of amides is 1. The van der Waals surface area contributed by atoms with E-state index in [2.05, 4.69) is 0 Å². The van der Waals surface area contributed by atoms with Crippen molar-refractivity contribution in [3.63, 3.8) is 0 Å². The van der Waals surface area contributed by atoms with Gasteiger partial charge in [0.25, 0.3) is 5.91 Å². The van der Waals surface area contributed by atoms with Gasteiger partial charge in [-0.15, -0.1) is 0 Å². The second-order valence-electron chi connectivity index (χ2n) is 7.40. The van der Waals surface area contributed by atoms with E-state index in [0.29, 0.717) is 16.5 Å². The van der Waals surface area contributed by atoms with E-state index in [4.69, 9.17) is 4.42 Å². The Labute approximate surface area is 182 Å². The van der Waals surface area contributed by atoms with E-state index >= 15 is 0 Å². The van der Waals surface area contributed by atoms with E-state index in [1.165, 1.54) is 24.3 Å². The molecule has 1 aliphatic rings. The van der Waals surface area contributed by atoms with Gasteiger partial charge in [0.1, 0.15) is 17.1 Å². The van der Waals surface area contributed by atoms with Gasteiger partial charge in [-0.05, 0) is 42.0 Å². The maximum atomic E-state index is 13.5. The quantitative estimate of drug-likeness (QED) is 0.410. The van der Waals surface area contributed by atoms with Crippen LogP contribution in [-0.4, -0.2) is 27.0 Å². The number of carbonyl (C=O) groups excluding carboxylic acids is 2. The molecule has 0 radical (unpaired) electrons. The molecule has 1 aliphatic heterocycles. The van der Waals surface area contributed by atoms with Crippen LogP contribution in [0.15, 0.2) is 94.6 Å². The van der Waals surface area contributed by atoms with Crippen molar-refractivity contribution in [1.82, 2.24) is 0 Å². The summed E-state index contributed by atoms with van der Waals surface area (Å²) in [5.41, 5.74) is 0.782. The van der Waals surface area contributed by atoms with Gasteiger partial charge < -0.3 is 19.7 Å². The van der Waals surface area contributed by atoms with Crippen LogP contribution in [-0.2, 0) is 4.79 Å². The summed E-state index contributed by atoms with van der Waals surface area (Å²) in [6.45, 7) is 0. The van der Waals surface area contributed by atoms with E-state index in [9.17, 15) is 24.9 Å². The molecule has 32 heavy (non-hydrogen) atoms. The smallest absolute Gasteiger partial charge is 0.294 e. The molecule has 0 fully saturated rings. The number of hydrogen-bond donors (Lipinski definition) is 3. The van der Waals surface area contributed by atoms with Crippen molar-refractivity contribution >= 4 is 28.3 Å². The van der Waals surface area contributed by atoms with Crippen molar-refractivity contribution < 1.29 is 29.3 Å². The van der Waals surface area contributed by atoms with Crippen molar-refractivity contribution in [3.05, 3.63) is 102 Å². The average molecular weight is 427 g/mol. The average Bonchev–Trinajstić information content (AvgIpc) is 3.33. The zero-order valence-electron chi connectivity index (χ0n) is 16.6. The third-order valence-electron chi connectivity index (χ3n) is 5.43. The topological polar surface area (TPSA) is 111 Å². The fraction of sp³-hybridized carbons (Fsp3) is 0.0400. The lowest BCUT2D eigenvalue weighted by Crippen LogP contribution is -2.31. The van der Waals surface area contributed by atoms with Crippen LogP contribution in [0.3, 0.4) is 0 Å². The standard InChI is InChI=1S/C25H17NO6/c27-16-8-5-7-15(12-16)22-21(23(29)20-13-14-6-1-4-11-19(14)32-20)24(30)25(31)26(22)17-9-2-3-10-18(17)28/h1-13,22,27-28,30H. The second kappa shape index (κ2) is 7.31. The number of fused-ring (bicyclic) bond motifs is 1. The van der Waals surface area contributed by atoms with E-state index in [1.807, 2.05) is 0 Å². The number of phenols is 2. The normalized spacial score (nSPS) is 16.2. The van der Waals surface area contributed by atoms with Crippen LogP contribution in [0.2, 0.25) is 0 Å². The summed E-state index contributed by atoms with van der Waals surface area (Å²) < 4.78 is 5.68. The molecule has 2 heterocycles. The van der Waals surface area contributed by atoms with Gasteiger partial charge in [0, 0.05) is 5.39 Å². The number of aliphatic hydroxyl groups excluding tert-OH is 1. The Kier molecular flexibility index (Phi) is 4.44. The minimum atomic E-state index is -1.09. The first-order valence-electron chi connectivity index (χ1n) is 9.82. The van der Waals surface area contributed by atoms with Crippen LogP contribution in [0.1, 0.15) is 22.2 Å². The minimum absolute atomic E-state index is 0.0372. The van der Waals surface area contributed by atoms with Crippen LogP contribution in [0.25, 0.3) is 11.0 Å². The number of nitrogens with zero attached hydrogens (tertiary/aromatic N) is 1. The highest BCUT2D eigenvalue weighted by molar-refractivity contribution is 6.21. The Hall–Kier alpha value is -4.52. The zero-order chi connectivity index (χ0) is 22.4. The summed E-state index contributed by atoms with van der Waals surface area (Å²) in [5.74, 6) is -2.57. The first-order valence-corrected chi connectivity index (χ1v) is 9.82. The van der Waals surface area contributed by atoms with Gasteiger partial charge in [-0.3, -0.25) is 14.5 Å². The number of benzene rings is 3. The van der Waals surface area contributed by atoms with E-state index in [0.717, 1.165) is 4.90 Å². The summed E-state index contributed by atoms with van der Waals surface area (Å²) in [6.07, 6.45) is 0. The molecule has 3 aromatic carbocycles. The van der Waals surface area contributed by atoms with Gasteiger partial charge in [0.15, 0.2) is 11.5 Å². The molecule has 1 aromatic heterocycles. The molecule has 1 atom stereocenters. The maximum absolute atomic E-state index is 13.5. The van der Waals surface area contributed by atoms with Gasteiger partial charge in [-0.25, -0.2) is 0 Å². The summed E-state index contributed by atoms with van der Waals surface area (Å²) in [5, 5.41) is 31.9. The summed E-state index contributed by atoms with van der Waals surface area (Å²) >= 11 is 0. The monoisotopic (exact) mass is 427 g/mol. The molecule has 4 aromatic rings. The Bertz CT molecular complexity index is 1380. The lowest BCUT2D eigenvalue weighted by molar-refractivity contribution is -0.117. The molecule has 158 valence electrons. The van der Waals surface area contributed by atoms with Gasteiger partial charge in [-0.1, -0.05) is 42.5 Å². The summed E-state index contributed by atoms with van der Waals surface area (Å²) in [4.78, 5) is 27.7. The molecule has 0 aliphatic carbocycles. The molecule has 3 N–H and O–H groups in total. The second-order valence-corrected chi connectivity index (χ2v) is 7.40. The van der Waals surface area contributed by atoms with Crippen LogP contribution in [0.5, 0.6) is 11.5 Å².